The molecule has 0 atom stereocenters. The third-order valence-electron chi connectivity index (χ3n) is 3.79. The van der Waals surface area contributed by atoms with E-state index < -0.39 is 23.5 Å². The van der Waals surface area contributed by atoms with E-state index in [9.17, 15) is 18.4 Å². The molecule has 3 rings (SSSR count). The number of rotatable bonds is 5. The lowest BCUT2D eigenvalue weighted by atomic mass is 10.1. The van der Waals surface area contributed by atoms with Gasteiger partial charge in [0.2, 0.25) is 0 Å². The molecule has 142 valence electrons. The summed E-state index contributed by atoms with van der Waals surface area (Å²) in [5.74, 6) is -1.83. The van der Waals surface area contributed by atoms with E-state index in [2.05, 4.69) is 10.1 Å². The number of carbonyl (C=O) groups excluding carboxylic acids is 2. The number of ether oxygens (including phenoxy) is 2. The van der Waals surface area contributed by atoms with Crippen LogP contribution in [-0.2, 0) is 4.74 Å². The molecule has 28 heavy (non-hydrogen) atoms. The average molecular weight is 383 g/mol. The SMILES string of the molecule is COC(=O)c1ccc(NC(=O)c2ccc(F)cc2Oc2ccc(F)cc2)cc1. The first kappa shape index (κ1) is 19.0. The van der Waals surface area contributed by atoms with Crippen LogP contribution in [0.25, 0.3) is 0 Å². The van der Waals surface area contributed by atoms with Gasteiger partial charge in [-0.3, -0.25) is 4.79 Å². The minimum Gasteiger partial charge on any atom is -0.465 e. The summed E-state index contributed by atoms with van der Waals surface area (Å²) >= 11 is 0. The number of carbonyl (C=O) groups is 2. The summed E-state index contributed by atoms with van der Waals surface area (Å²) in [6, 6.07) is 14.7. The molecule has 0 aliphatic rings. The molecule has 0 fully saturated rings. The molecule has 0 aromatic heterocycles. The number of amides is 1. The van der Waals surface area contributed by atoms with Gasteiger partial charge in [-0.1, -0.05) is 0 Å². The number of hydrogen-bond acceptors (Lipinski definition) is 4. The Balaban J connectivity index is 1.81. The van der Waals surface area contributed by atoms with Crippen molar-refractivity contribution in [2.24, 2.45) is 0 Å². The maximum absolute atomic E-state index is 13.6. The van der Waals surface area contributed by atoms with Gasteiger partial charge in [-0.25, -0.2) is 13.6 Å². The Morgan fingerprint density at radius 2 is 1.50 bits per heavy atom. The smallest absolute Gasteiger partial charge is 0.337 e. The van der Waals surface area contributed by atoms with E-state index in [0.717, 1.165) is 12.1 Å². The van der Waals surface area contributed by atoms with E-state index in [1.807, 2.05) is 0 Å². The highest BCUT2D eigenvalue weighted by molar-refractivity contribution is 6.06. The number of esters is 1. The molecule has 0 unspecified atom stereocenters. The molecule has 0 heterocycles. The zero-order chi connectivity index (χ0) is 20.1. The Morgan fingerprint density at radius 1 is 0.857 bits per heavy atom. The van der Waals surface area contributed by atoms with Crippen LogP contribution >= 0.6 is 0 Å². The molecule has 3 aromatic rings. The van der Waals surface area contributed by atoms with Crippen LogP contribution in [0.1, 0.15) is 20.7 Å². The quantitative estimate of drug-likeness (QED) is 0.643. The van der Waals surface area contributed by atoms with Crippen LogP contribution in [0.15, 0.2) is 66.7 Å². The highest BCUT2D eigenvalue weighted by Gasteiger charge is 2.15. The Labute approximate surface area is 159 Å². The lowest BCUT2D eigenvalue weighted by Crippen LogP contribution is -2.13. The maximum Gasteiger partial charge on any atom is 0.337 e. The molecular weight excluding hydrogens is 368 g/mol. The van der Waals surface area contributed by atoms with Gasteiger partial charge in [0.1, 0.15) is 23.1 Å². The Morgan fingerprint density at radius 3 is 2.14 bits per heavy atom. The van der Waals surface area contributed by atoms with Crippen molar-refractivity contribution in [1.29, 1.82) is 0 Å². The summed E-state index contributed by atoms with van der Waals surface area (Å²) in [6.07, 6.45) is 0. The average Bonchev–Trinajstić information content (AvgIpc) is 2.69. The molecule has 0 saturated heterocycles. The minimum atomic E-state index is -0.587. The van der Waals surface area contributed by atoms with Gasteiger partial charge < -0.3 is 14.8 Å². The van der Waals surface area contributed by atoms with Crippen molar-refractivity contribution in [1.82, 2.24) is 0 Å². The number of nitrogens with one attached hydrogen (secondary N) is 1. The molecule has 1 amide bonds. The lowest BCUT2D eigenvalue weighted by Gasteiger charge is -2.12. The van der Waals surface area contributed by atoms with Gasteiger partial charge in [0.25, 0.3) is 5.91 Å². The van der Waals surface area contributed by atoms with Crippen molar-refractivity contribution < 1.29 is 27.8 Å². The van der Waals surface area contributed by atoms with Crippen LogP contribution in [0.4, 0.5) is 14.5 Å². The van der Waals surface area contributed by atoms with E-state index >= 15 is 0 Å². The van der Waals surface area contributed by atoms with Crippen LogP contribution in [0.5, 0.6) is 11.5 Å². The van der Waals surface area contributed by atoms with Gasteiger partial charge in [-0.05, 0) is 60.7 Å². The molecule has 0 bridgehead atoms. The third kappa shape index (κ3) is 4.50. The summed E-state index contributed by atoms with van der Waals surface area (Å²) < 4.78 is 36.8. The predicted octanol–water partition coefficient (Wildman–Crippen LogP) is 4.80. The zero-order valence-electron chi connectivity index (χ0n) is 14.7. The van der Waals surface area contributed by atoms with Crippen molar-refractivity contribution in [3.63, 3.8) is 0 Å². The summed E-state index contributed by atoms with van der Waals surface area (Å²) in [5, 5.41) is 2.64. The fourth-order valence-corrected chi connectivity index (χ4v) is 2.40. The first-order chi connectivity index (χ1) is 13.5. The first-order valence-corrected chi connectivity index (χ1v) is 8.19. The fourth-order valence-electron chi connectivity index (χ4n) is 2.40. The topological polar surface area (TPSA) is 64.6 Å². The molecule has 7 heteroatoms. The van der Waals surface area contributed by atoms with Crippen LogP contribution in [0.3, 0.4) is 0 Å². The van der Waals surface area contributed by atoms with Crippen LogP contribution in [0.2, 0.25) is 0 Å². The molecule has 5 nitrogen and oxygen atoms in total. The van der Waals surface area contributed by atoms with Gasteiger partial charge in [0.05, 0.1) is 18.2 Å². The van der Waals surface area contributed by atoms with Crippen molar-refractivity contribution in [2.75, 3.05) is 12.4 Å². The molecule has 0 radical (unpaired) electrons. The number of halogens is 2. The summed E-state index contributed by atoms with van der Waals surface area (Å²) in [7, 11) is 1.27. The molecule has 3 aromatic carbocycles. The van der Waals surface area contributed by atoms with Crippen molar-refractivity contribution in [3.05, 3.63) is 89.5 Å². The lowest BCUT2D eigenvalue weighted by molar-refractivity contribution is 0.0600. The zero-order valence-corrected chi connectivity index (χ0v) is 14.7. The highest BCUT2D eigenvalue weighted by Crippen LogP contribution is 2.27. The number of anilines is 1. The van der Waals surface area contributed by atoms with Gasteiger partial charge in [-0.2, -0.15) is 0 Å². The monoisotopic (exact) mass is 383 g/mol. The second-order valence-electron chi connectivity index (χ2n) is 5.72. The Kier molecular flexibility index (Phi) is 5.64. The first-order valence-electron chi connectivity index (χ1n) is 8.19. The van der Waals surface area contributed by atoms with Gasteiger partial charge in [0, 0.05) is 11.8 Å². The van der Waals surface area contributed by atoms with Crippen molar-refractivity contribution >= 4 is 17.6 Å². The standard InChI is InChI=1S/C21H15F2NO4/c1-27-21(26)13-2-7-16(8-3-13)24-20(25)18-11-6-15(23)12-19(18)28-17-9-4-14(22)5-10-17/h2-12H,1H3,(H,24,25). The second-order valence-corrected chi connectivity index (χ2v) is 5.72. The second kappa shape index (κ2) is 8.30. The molecule has 0 aliphatic heterocycles. The fraction of sp³-hybridized carbons (Fsp3) is 0.0476. The minimum absolute atomic E-state index is 0.0183. The molecular formula is C21H15F2NO4. The van der Waals surface area contributed by atoms with Gasteiger partial charge in [0.15, 0.2) is 0 Å². The molecule has 0 aliphatic carbocycles. The predicted molar refractivity (Wildman–Crippen MR) is 98.6 cm³/mol. The van der Waals surface area contributed by atoms with Crippen molar-refractivity contribution in [2.45, 2.75) is 0 Å². The van der Waals surface area contributed by atoms with Crippen LogP contribution in [-0.4, -0.2) is 19.0 Å². The third-order valence-corrected chi connectivity index (χ3v) is 3.79. The van der Waals surface area contributed by atoms with E-state index in [-0.39, 0.29) is 17.1 Å². The van der Waals surface area contributed by atoms with Gasteiger partial charge >= 0.3 is 5.97 Å². The van der Waals surface area contributed by atoms with E-state index in [0.29, 0.717) is 11.3 Å². The number of methoxy groups -OCH3 is 1. The van der Waals surface area contributed by atoms with Crippen LogP contribution in [0, 0.1) is 11.6 Å². The van der Waals surface area contributed by atoms with Crippen LogP contribution < -0.4 is 10.1 Å². The van der Waals surface area contributed by atoms with Gasteiger partial charge in [-0.15, -0.1) is 0 Å². The summed E-state index contributed by atoms with van der Waals surface area (Å²) in [4.78, 5) is 24.1. The van der Waals surface area contributed by atoms with E-state index in [1.54, 1.807) is 0 Å². The molecule has 1 N–H and O–H groups in total. The van der Waals surface area contributed by atoms with E-state index in [4.69, 9.17) is 4.74 Å². The highest BCUT2D eigenvalue weighted by atomic mass is 19.1. The van der Waals surface area contributed by atoms with E-state index in [1.165, 1.54) is 61.7 Å². The molecule has 0 saturated carbocycles. The number of benzene rings is 3. The largest absolute Gasteiger partial charge is 0.465 e. The normalized spacial score (nSPS) is 10.2. The summed E-state index contributed by atoms with van der Waals surface area (Å²) in [6.45, 7) is 0. The van der Waals surface area contributed by atoms with Crippen molar-refractivity contribution in [3.8, 4) is 11.5 Å². The maximum atomic E-state index is 13.6. The number of hydrogen-bond donors (Lipinski definition) is 1. The summed E-state index contributed by atoms with van der Waals surface area (Å²) in [5.41, 5.74) is 0.847. The Bertz CT molecular complexity index is 1000. The Hall–Kier alpha value is -3.74. The molecule has 0 spiro atoms.